The standard InChI is InChI=1S/C13H15N3O4S/c1-2-8(5-11(17)18)6-14-9-3-4-10-12(15-7-21-10)13(9)16(19)20/h3-4,7-8,14H,2,5-6H2,1H3,(H,17,18). The highest BCUT2D eigenvalue weighted by atomic mass is 32.1. The van der Waals surface area contributed by atoms with Crippen molar-refractivity contribution in [2.75, 3.05) is 11.9 Å². The summed E-state index contributed by atoms with van der Waals surface area (Å²) in [5.41, 5.74) is 2.25. The van der Waals surface area contributed by atoms with Gasteiger partial charge in [0.15, 0.2) is 5.52 Å². The molecule has 1 aromatic heterocycles. The van der Waals surface area contributed by atoms with E-state index in [0.29, 0.717) is 24.2 Å². The van der Waals surface area contributed by atoms with Gasteiger partial charge in [-0.25, -0.2) is 4.98 Å². The van der Waals surface area contributed by atoms with Crippen LogP contribution in [0.4, 0.5) is 11.4 Å². The fourth-order valence-electron chi connectivity index (χ4n) is 2.11. The van der Waals surface area contributed by atoms with Gasteiger partial charge < -0.3 is 10.4 Å². The van der Waals surface area contributed by atoms with Gasteiger partial charge in [-0.15, -0.1) is 11.3 Å². The van der Waals surface area contributed by atoms with E-state index >= 15 is 0 Å². The van der Waals surface area contributed by atoms with Crippen molar-refractivity contribution in [2.24, 2.45) is 5.92 Å². The van der Waals surface area contributed by atoms with E-state index in [1.165, 1.54) is 11.3 Å². The third-order valence-corrected chi connectivity index (χ3v) is 4.07. The lowest BCUT2D eigenvalue weighted by Gasteiger charge is -2.14. The first-order valence-electron chi connectivity index (χ1n) is 6.49. The zero-order valence-corrected chi connectivity index (χ0v) is 12.2. The number of benzene rings is 1. The van der Waals surface area contributed by atoms with Crippen LogP contribution in [0.5, 0.6) is 0 Å². The monoisotopic (exact) mass is 309 g/mol. The number of thiazole rings is 1. The van der Waals surface area contributed by atoms with Crippen molar-refractivity contribution in [3.05, 3.63) is 27.8 Å². The zero-order valence-electron chi connectivity index (χ0n) is 11.4. The van der Waals surface area contributed by atoms with Gasteiger partial charge in [-0.2, -0.15) is 0 Å². The molecule has 0 aliphatic carbocycles. The van der Waals surface area contributed by atoms with E-state index in [1.807, 2.05) is 6.92 Å². The number of aliphatic carboxylic acids is 1. The van der Waals surface area contributed by atoms with Crippen molar-refractivity contribution >= 4 is 38.9 Å². The SMILES string of the molecule is CCC(CNc1ccc2scnc2c1[N+](=O)[O-])CC(=O)O. The minimum Gasteiger partial charge on any atom is -0.481 e. The maximum atomic E-state index is 11.3. The molecule has 1 unspecified atom stereocenters. The Labute approximate surface area is 124 Å². The third kappa shape index (κ3) is 3.46. The number of rotatable bonds is 7. The van der Waals surface area contributed by atoms with Crippen LogP contribution in [-0.2, 0) is 4.79 Å². The second-order valence-corrected chi connectivity index (χ2v) is 5.56. The Kier molecular flexibility index (Phi) is 4.69. The molecule has 7 nitrogen and oxygen atoms in total. The molecule has 8 heteroatoms. The summed E-state index contributed by atoms with van der Waals surface area (Å²) in [4.78, 5) is 25.6. The molecule has 0 saturated heterocycles. The highest BCUT2D eigenvalue weighted by Crippen LogP contribution is 2.34. The van der Waals surface area contributed by atoms with E-state index in [1.54, 1.807) is 17.6 Å². The Morgan fingerprint density at radius 3 is 2.95 bits per heavy atom. The van der Waals surface area contributed by atoms with Gasteiger partial charge in [-0.1, -0.05) is 13.3 Å². The minimum atomic E-state index is -0.867. The first-order chi connectivity index (χ1) is 10.0. The second-order valence-electron chi connectivity index (χ2n) is 4.67. The summed E-state index contributed by atoms with van der Waals surface area (Å²) in [7, 11) is 0. The number of carboxylic acid groups (broad SMARTS) is 1. The van der Waals surface area contributed by atoms with Gasteiger partial charge in [-0.3, -0.25) is 14.9 Å². The molecule has 0 fully saturated rings. The van der Waals surface area contributed by atoms with E-state index < -0.39 is 10.9 Å². The number of hydrogen-bond acceptors (Lipinski definition) is 6. The van der Waals surface area contributed by atoms with Crippen molar-refractivity contribution in [1.29, 1.82) is 0 Å². The molecule has 1 heterocycles. The number of nitrogens with zero attached hydrogens (tertiary/aromatic N) is 2. The molecular weight excluding hydrogens is 294 g/mol. The molecule has 1 aromatic carbocycles. The lowest BCUT2D eigenvalue weighted by molar-refractivity contribution is -0.382. The van der Waals surface area contributed by atoms with E-state index in [9.17, 15) is 14.9 Å². The van der Waals surface area contributed by atoms with Gasteiger partial charge in [0.1, 0.15) is 5.69 Å². The Hall–Kier alpha value is -2.22. The smallest absolute Gasteiger partial charge is 0.319 e. The molecule has 0 aliphatic heterocycles. The predicted octanol–water partition coefficient (Wildman–Crippen LogP) is 3.12. The summed E-state index contributed by atoms with van der Waals surface area (Å²) in [5.74, 6) is -0.943. The number of nitro benzene ring substituents is 1. The van der Waals surface area contributed by atoms with Crippen LogP contribution in [0.3, 0.4) is 0 Å². The number of aromatic nitrogens is 1. The van der Waals surface area contributed by atoms with Crippen LogP contribution in [0.25, 0.3) is 10.2 Å². The maximum Gasteiger partial charge on any atom is 0.319 e. The first kappa shape index (κ1) is 15.2. The molecule has 2 rings (SSSR count). The number of anilines is 1. The molecule has 0 bridgehead atoms. The van der Waals surface area contributed by atoms with Crippen molar-refractivity contribution in [2.45, 2.75) is 19.8 Å². The van der Waals surface area contributed by atoms with E-state index in [4.69, 9.17) is 5.11 Å². The molecule has 0 spiro atoms. The Bertz CT molecular complexity index is 670. The Morgan fingerprint density at radius 2 is 2.33 bits per heavy atom. The molecular formula is C13H15N3O4S. The topological polar surface area (TPSA) is 105 Å². The summed E-state index contributed by atoms with van der Waals surface area (Å²) in [6.45, 7) is 2.27. The van der Waals surface area contributed by atoms with Crippen molar-refractivity contribution in [3.8, 4) is 0 Å². The average Bonchev–Trinajstić information content (AvgIpc) is 2.90. The van der Waals surface area contributed by atoms with Crippen LogP contribution >= 0.6 is 11.3 Å². The highest BCUT2D eigenvalue weighted by Gasteiger charge is 2.21. The number of carbonyl (C=O) groups is 1. The van der Waals surface area contributed by atoms with Gasteiger partial charge >= 0.3 is 11.7 Å². The van der Waals surface area contributed by atoms with Crippen LogP contribution in [0.15, 0.2) is 17.6 Å². The minimum absolute atomic E-state index is 0.0379. The van der Waals surface area contributed by atoms with Crippen LogP contribution in [0, 0.1) is 16.0 Å². The van der Waals surface area contributed by atoms with E-state index in [-0.39, 0.29) is 18.0 Å². The van der Waals surface area contributed by atoms with Gasteiger partial charge in [0.2, 0.25) is 0 Å². The maximum absolute atomic E-state index is 11.3. The fraction of sp³-hybridized carbons (Fsp3) is 0.385. The van der Waals surface area contributed by atoms with E-state index in [0.717, 1.165) is 4.70 Å². The van der Waals surface area contributed by atoms with Crippen molar-refractivity contribution < 1.29 is 14.8 Å². The lowest BCUT2D eigenvalue weighted by atomic mass is 10.0. The van der Waals surface area contributed by atoms with Gasteiger partial charge in [0.05, 0.1) is 15.1 Å². The summed E-state index contributed by atoms with van der Waals surface area (Å²) < 4.78 is 0.754. The number of nitrogens with one attached hydrogen (secondary N) is 1. The highest BCUT2D eigenvalue weighted by molar-refractivity contribution is 7.16. The summed E-state index contributed by atoms with van der Waals surface area (Å²) in [5, 5.41) is 23.1. The number of nitro groups is 1. The van der Waals surface area contributed by atoms with Gasteiger partial charge in [0, 0.05) is 13.0 Å². The van der Waals surface area contributed by atoms with Crippen LogP contribution in [0.2, 0.25) is 0 Å². The Balaban J connectivity index is 2.23. The zero-order chi connectivity index (χ0) is 15.4. The normalized spacial score (nSPS) is 12.2. The molecule has 2 N–H and O–H groups in total. The molecule has 2 aromatic rings. The van der Waals surface area contributed by atoms with E-state index in [2.05, 4.69) is 10.3 Å². The molecule has 21 heavy (non-hydrogen) atoms. The van der Waals surface area contributed by atoms with Gasteiger partial charge in [0.25, 0.3) is 0 Å². The van der Waals surface area contributed by atoms with Gasteiger partial charge in [-0.05, 0) is 18.1 Å². The average molecular weight is 309 g/mol. The molecule has 1 atom stereocenters. The largest absolute Gasteiger partial charge is 0.481 e. The first-order valence-corrected chi connectivity index (χ1v) is 7.37. The van der Waals surface area contributed by atoms with Crippen LogP contribution < -0.4 is 5.32 Å². The molecule has 0 aliphatic rings. The quantitative estimate of drug-likeness (QED) is 0.601. The number of hydrogen-bond donors (Lipinski definition) is 2. The molecule has 0 radical (unpaired) electrons. The number of carboxylic acids is 1. The third-order valence-electron chi connectivity index (χ3n) is 3.28. The second kappa shape index (κ2) is 6.49. The Morgan fingerprint density at radius 1 is 1.57 bits per heavy atom. The summed E-state index contributed by atoms with van der Waals surface area (Å²) >= 11 is 1.34. The molecule has 0 saturated carbocycles. The fourth-order valence-corrected chi connectivity index (χ4v) is 2.79. The lowest BCUT2D eigenvalue weighted by Crippen LogP contribution is -2.17. The summed E-state index contributed by atoms with van der Waals surface area (Å²) in [6.07, 6.45) is 0.724. The number of fused-ring (bicyclic) bond motifs is 1. The van der Waals surface area contributed by atoms with Crippen LogP contribution in [-0.4, -0.2) is 27.5 Å². The molecule has 112 valence electrons. The van der Waals surface area contributed by atoms with Crippen molar-refractivity contribution in [3.63, 3.8) is 0 Å². The summed E-state index contributed by atoms with van der Waals surface area (Å²) in [6, 6.07) is 3.42. The van der Waals surface area contributed by atoms with Crippen molar-refractivity contribution in [1.82, 2.24) is 4.98 Å². The predicted molar refractivity (Wildman–Crippen MR) is 80.8 cm³/mol. The molecule has 0 amide bonds. The van der Waals surface area contributed by atoms with Crippen LogP contribution in [0.1, 0.15) is 19.8 Å².